The fraction of sp³-hybridized carbons (Fsp3) is 0.741. The minimum atomic E-state index is -3.65. The van der Waals surface area contributed by atoms with Gasteiger partial charge in [0.1, 0.15) is 16.5 Å². The highest BCUT2D eigenvalue weighted by Gasteiger charge is 2.39. The van der Waals surface area contributed by atoms with E-state index in [-0.39, 0.29) is 34.5 Å². The topological polar surface area (TPSA) is 116 Å². The number of carbonyl (C=O) groups excluding carboxylic acids is 3. The molecule has 0 aromatic carbocycles. The average Bonchev–Trinajstić information content (AvgIpc) is 3.65. The zero-order valence-corrected chi connectivity index (χ0v) is 24.0. The Balaban J connectivity index is 1.49. The van der Waals surface area contributed by atoms with E-state index in [1.807, 2.05) is 0 Å². The summed E-state index contributed by atoms with van der Waals surface area (Å²) in [6.07, 6.45) is 12.3. The summed E-state index contributed by atoms with van der Waals surface area (Å²) in [4.78, 5) is 40.3. The predicted octanol–water partition coefficient (Wildman–Crippen LogP) is 3.76. The number of nitrogens with one attached hydrogen (secondary N) is 2. The van der Waals surface area contributed by atoms with Crippen molar-refractivity contribution in [3.8, 4) is 0 Å². The lowest BCUT2D eigenvalue weighted by molar-refractivity contribution is -0.137. The lowest BCUT2D eigenvalue weighted by Gasteiger charge is -2.36. The van der Waals surface area contributed by atoms with Gasteiger partial charge in [0.25, 0.3) is 10.0 Å². The van der Waals surface area contributed by atoms with Crippen molar-refractivity contribution in [2.45, 2.75) is 99.4 Å². The number of rotatable bonds is 10. The maximum atomic E-state index is 13.6. The second-order valence-corrected chi connectivity index (χ2v) is 14.3. The van der Waals surface area contributed by atoms with Crippen LogP contribution in [0.25, 0.3) is 0 Å². The van der Waals surface area contributed by atoms with Crippen LogP contribution in [0.4, 0.5) is 4.79 Å². The van der Waals surface area contributed by atoms with E-state index in [0.29, 0.717) is 13.0 Å². The van der Waals surface area contributed by atoms with Crippen molar-refractivity contribution in [2.24, 2.45) is 11.8 Å². The zero-order chi connectivity index (χ0) is 27.1. The molecule has 2 heterocycles. The van der Waals surface area contributed by atoms with Crippen molar-refractivity contribution >= 4 is 39.6 Å². The number of aldehydes is 1. The molecule has 1 aliphatic heterocycles. The van der Waals surface area contributed by atoms with Crippen LogP contribution in [0.1, 0.15) is 77.0 Å². The maximum absolute atomic E-state index is 13.6. The van der Waals surface area contributed by atoms with Crippen molar-refractivity contribution in [3.05, 3.63) is 17.5 Å². The number of carbonyl (C=O) groups is 3. The van der Waals surface area contributed by atoms with Gasteiger partial charge >= 0.3 is 6.03 Å². The minimum absolute atomic E-state index is 0.0323. The van der Waals surface area contributed by atoms with E-state index in [1.165, 1.54) is 15.6 Å². The van der Waals surface area contributed by atoms with Gasteiger partial charge < -0.3 is 20.3 Å². The summed E-state index contributed by atoms with van der Waals surface area (Å²) >= 11 is 1.18. The van der Waals surface area contributed by atoms with E-state index in [9.17, 15) is 22.8 Å². The molecular formula is C27H42N4O5S2. The molecule has 4 rings (SSSR count). The van der Waals surface area contributed by atoms with Crippen LogP contribution in [0.5, 0.6) is 0 Å². The summed E-state index contributed by atoms with van der Waals surface area (Å²) < 4.78 is 27.8. The Morgan fingerprint density at radius 2 is 1.68 bits per heavy atom. The summed E-state index contributed by atoms with van der Waals surface area (Å²) in [5, 5.41) is 7.82. The van der Waals surface area contributed by atoms with Gasteiger partial charge in [-0.05, 0) is 61.8 Å². The molecule has 2 aliphatic carbocycles. The summed E-state index contributed by atoms with van der Waals surface area (Å²) in [5.74, 6) is 0.0236. The molecule has 2 saturated carbocycles. The van der Waals surface area contributed by atoms with Crippen LogP contribution in [-0.4, -0.2) is 74.1 Å². The first-order valence-electron chi connectivity index (χ1n) is 14.1. The normalized spacial score (nSPS) is 23.2. The van der Waals surface area contributed by atoms with Gasteiger partial charge in [0, 0.05) is 26.2 Å². The van der Waals surface area contributed by atoms with Gasteiger partial charge in [-0.3, -0.25) is 4.79 Å². The summed E-state index contributed by atoms with van der Waals surface area (Å²) in [7, 11) is -2.09. The third kappa shape index (κ3) is 6.96. The monoisotopic (exact) mass is 566 g/mol. The molecule has 0 spiro atoms. The molecule has 1 saturated heterocycles. The molecule has 3 amide bonds. The van der Waals surface area contributed by atoms with E-state index >= 15 is 0 Å². The van der Waals surface area contributed by atoms with Gasteiger partial charge in [-0.1, -0.05) is 44.6 Å². The number of likely N-dealkylation sites (tertiary alicyclic amines) is 1. The number of thiophene rings is 1. The average molecular weight is 567 g/mol. The first kappa shape index (κ1) is 29.0. The van der Waals surface area contributed by atoms with E-state index in [4.69, 9.17) is 0 Å². The number of nitrogens with zero attached hydrogens (tertiary/aromatic N) is 2. The molecule has 0 radical (unpaired) electrons. The summed E-state index contributed by atoms with van der Waals surface area (Å²) in [6, 6.07) is 1.39. The number of amides is 3. The smallest absolute Gasteiger partial charge is 0.315 e. The van der Waals surface area contributed by atoms with Crippen molar-refractivity contribution in [1.82, 2.24) is 19.8 Å². The molecule has 2 N–H and O–H groups in total. The molecule has 1 aromatic heterocycles. The van der Waals surface area contributed by atoms with Crippen molar-refractivity contribution in [1.29, 1.82) is 0 Å². The molecule has 3 aliphatic rings. The number of sulfonamides is 1. The highest BCUT2D eigenvalue weighted by molar-refractivity contribution is 7.91. The van der Waals surface area contributed by atoms with Crippen LogP contribution in [0.15, 0.2) is 21.7 Å². The predicted molar refractivity (Wildman–Crippen MR) is 147 cm³/mol. The molecule has 38 heavy (non-hydrogen) atoms. The quantitative estimate of drug-likeness (QED) is 0.419. The molecule has 1 unspecified atom stereocenters. The van der Waals surface area contributed by atoms with Gasteiger partial charge in [0.05, 0.1) is 6.04 Å². The first-order chi connectivity index (χ1) is 18.3. The molecule has 1 aromatic rings. The number of urea groups is 1. The standard InChI is InChI=1S/C27H42N4O5S2/c1-30(38(35,36)24-15-9-17-37-24)18-23(20-10-4-2-5-11-20)28-27(34)29-25(21-12-6-3-7-13-21)26(33)31-16-8-14-22(31)19-32/h9,15,17,19-23,25H,2-8,10-14,16,18H2,1H3,(H2,28,29,34)/t22-,23?,25-/m0/s1. The highest BCUT2D eigenvalue weighted by Crippen LogP contribution is 2.30. The molecule has 0 bridgehead atoms. The van der Waals surface area contributed by atoms with Gasteiger partial charge in [0.15, 0.2) is 0 Å². The van der Waals surface area contributed by atoms with Crippen LogP contribution >= 0.6 is 11.3 Å². The van der Waals surface area contributed by atoms with Crippen LogP contribution in [0, 0.1) is 11.8 Å². The Kier molecular flexibility index (Phi) is 10.2. The number of hydrogen-bond acceptors (Lipinski definition) is 6. The second-order valence-electron chi connectivity index (χ2n) is 11.1. The van der Waals surface area contributed by atoms with E-state index in [2.05, 4.69) is 10.6 Å². The number of hydrogen-bond donors (Lipinski definition) is 2. The largest absolute Gasteiger partial charge is 0.334 e. The SMILES string of the molecule is CN(CC(NC(=O)N[C@H](C(=O)N1CCC[C@H]1C=O)C1CCCCC1)C1CCCCC1)S(=O)(=O)c1cccs1. The van der Waals surface area contributed by atoms with Crippen LogP contribution in [0.2, 0.25) is 0 Å². The second kappa shape index (κ2) is 13.4. The molecule has 3 fully saturated rings. The molecule has 9 nitrogen and oxygen atoms in total. The number of likely N-dealkylation sites (N-methyl/N-ethyl adjacent to an activating group) is 1. The lowest BCUT2D eigenvalue weighted by Crippen LogP contribution is -2.58. The fourth-order valence-corrected chi connectivity index (χ4v) is 8.77. The minimum Gasteiger partial charge on any atom is -0.334 e. The third-order valence-electron chi connectivity index (χ3n) is 8.56. The van der Waals surface area contributed by atoms with Crippen molar-refractivity contribution < 1.29 is 22.8 Å². The Bertz CT molecular complexity index is 1040. The fourth-order valence-electron chi connectivity index (χ4n) is 6.37. The Morgan fingerprint density at radius 1 is 1.03 bits per heavy atom. The van der Waals surface area contributed by atoms with Crippen LogP contribution in [-0.2, 0) is 19.6 Å². The third-order valence-corrected chi connectivity index (χ3v) is 11.8. The van der Waals surface area contributed by atoms with E-state index < -0.39 is 28.1 Å². The summed E-state index contributed by atoms with van der Waals surface area (Å²) in [5.41, 5.74) is 0. The van der Waals surface area contributed by atoms with Gasteiger partial charge in [-0.25, -0.2) is 13.2 Å². The molecule has 3 atom stereocenters. The van der Waals surface area contributed by atoms with E-state index in [1.54, 1.807) is 29.5 Å². The Hall–Kier alpha value is -1.98. The Labute approximate surface area is 230 Å². The zero-order valence-electron chi connectivity index (χ0n) is 22.3. The van der Waals surface area contributed by atoms with Gasteiger partial charge in [-0.15, -0.1) is 11.3 Å². The summed E-state index contributed by atoms with van der Waals surface area (Å²) in [6.45, 7) is 0.699. The lowest BCUT2D eigenvalue weighted by atomic mass is 9.83. The first-order valence-corrected chi connectivity index (χ1v) is 16.5. The Morgan fingerprint density at radius 3 is 2.29 bits per heavy atom. The van der Waals surface area contributed by atoms with Crippen LogP contribution in [0.3, 0.4) is 0 Å². The van der Waals surface area contributed by atoms with Gasteiger partial charge in [0.2, 0.25) is 5.91 Å². The molecular weight excluding hydrogens is 524 g/mol. The maximum Gasteiger partial charge on any atom is 0.315 e. The highest BCUT2D eigenvalue weighted by atomic mass is 32.2. The van der Waals surface area contributed by atoms with Crippen molar-refractivity contribution in [3.63, 3.8) is 0 Å². The van der Waals surface area contributed by atoms with E-state index in [0.717, 1.165) is 76.9 Å². The molecule has 212 valence electrons. The van der Waals surface area contributed by atoms with Gasteiger partial charge in [-0.2, -0.15) is 4.31 Å². The van der Waals surface area contributed by atoms with Crippen molar-refractivity contribution in [2.75, 3.05) is 20.1 Å². The molecule has 11 heteroatoms. The van der Waals surface area contributed by atoms with Crippen LogP contribution < -0.4 is 10.6 Å².